The Bertz CT molecular complexity index is 336. The highest BCUT2D eigenvalue weighted by Gasteiger charge is 1.95. The van der Waals surface area contributed by atoms with Crippen LogP contribution < -0.4 is 0 Å². The molecule has 0 aliphatic rings. The summed E-state index contributed by atoms with van der Waals surface area (Å²) in [6.07, 6.45) is 3.90. The maximum absolute atomic E-state index is 8.60. The maximum atomic E-state index is 8.60. The molecule has 2 nitrogen and oxygen atoms in total. The summed E-state index contributed by atoms with van der Waals surface area (Å²) >= 11 is 0. The Labute approximate surface area is 77.8 Å². The number of aliphatic hydroxyl groups is 1. The van der Waals surface area contributed by atoms with Crippen LogP contribution in [-0.2, 0) is 6.42 Å². The third kappa shape index (κ3) is 2.73. The van der Waals surface area contributed by atoms with Crippen LogP contribution in [-0.4, -0.2) is 11.7 Å². The molecule has 0 unspecified atom stereocenters. The molecule has 0 spiro atoms. The van der Waals surface area contributed by atoms with Crippen molar-refractivity contribution in [3.63, 3.8) is 0 Å². The molecule has 0 aliphatic carbocycles. The molecule has 2 heteroatoms. The predicted octanol–water partition coefficient (Wildman–Crippen LogP) is 1.76. The van der Waals surface area contributed by atoms with E-state index in [2.05, 4.69) is 6.07 Å². The Morgan fingerprint density at radius 3 is 2.85 bits per heavy atom. The predicted molar refractivity (Wildman–Crippen MR) is 51.9 cm³/mol. The fourth-order valence-electron chi connectivity index (χ4n) is 1.12. The monoisotopic (exact) mass is 173 g/mol. The van der Waals surface area contributed by atoms with Crippen LogP contribution in [0.5, 0.6) is 0 Å². The number of hydrogen-bond acceptors (Lipinski definition) is 2. The van der Waals surface area contributed by atoms with Gasteiger partial charge in [-0.3, -0.25) is 0 Å². The summed E-state index contributed by atoms with van der Waals surface area (Å²) in [5, 5.41) is 17.1. The zero-order valence-corrected chi connectivity index (χ0v) is 7.27. The van der Waals surface area contributed by atoms with E-state index in [-0.39, 0.29) is 6.61 Å². The van der Waals surface area contributed by atoms with Crippen LogP contribution in [0.1, 0.15) is 11.1 Å². The molecule has 1 rings (SSSR count). The lowest BCUT2D eigenvalue weighted by Gasteiger charge is -1.99. The third-order valence-corrected chi connectivity index (χ3v) is 1.73. The van der Waals surface area contributed by atoms with Crippen molar-refractivity contribution >= 4 is 6.08 Å². The van der Waals surface area contributed by atoms with E-state index in [1.165, 1.54) is 0 Å². The molecular weight excluding hydrogens is 162 g/mol. The molecule has 66 valence electrons. The first kappa shape index (κ1) is 9.50. The average molecular weight is 173 g/mol. The van der Waals surface area contributed by atoms with Crippen molar-refractivity contribution < 1.29 is 5.11 Å². The minimum absolute atomic E-state index is 0.0287. The van der Waals surface area contributed by atoms with Gasteiger partial charge in [-0.05, 0) is 11.1 Å². The second-order valence-electron chi connectivity index (χ2n) is 2.62. The molecule has 0 bridgehead atoms. The van der Waals surface area contributed by atoms with Gasteiger partial charge >= 0.3 is 0 Å². The number of nitrogens with zero attached hydrogens (tertiary/aromatic N) is 1. The molecule has 0 aliphatic heterocycles. The Morgan fingerprint density at radius 2 is 2.15 bits per heavy atom. The van der Waals surface area contributed by atoms with E-state index in [0.29, 0.717) is 6.42 Å². The Hall–Kier alpha value is -1.59. The van der Waals surface area contributed by atoms with Crippen molar-refractivity contribution in [2.75, 3.05) is 6.61 Å². The van der Waals surface area contributed by atoms with Gasteiger partial charge in [0.25, 0.3) is 0 Å². The van der Waals surface area contributed by atoms with Crippen LogP contribution in [0.25, 0.3) is 6.08 Å². The smallest absolute Gasteiger partial charge is 0.0669 e. The lowest BCUT2D eigenvalue weighted by molar-refractivity contribution is 0.343. The highest BCUT2D eigenvalue weighted by molar-refractivity contribution is 5.54. The van der Waals surface area contributed by atoms with Gasteiger partial charge in [0, 0.05) is 0 Å². The molecule has 1 aromatic rings. The molecule has 0 saturated carbocycles. The van der Waals surface area contributed by atoms with E-state index in [1.807, 2.05) is 30.3 Å². The van der Waals surface area contributed by atoms with Crippen LogP contribution >= 0.6 is 0 Å². The Morgan fingerprint density at radius 1 is 1.38 bits per heavy atom. The van der Waals surface area contributed by atoms with Gasteiger partial charge in [-0.25, -0.2) is 0 Å². The summed E-state index contributed by atoms with van der Waals surface area (Å²) in [7, 11) is 0. The van der Waals surface area contributed by atoms with Gasteiger partial charge in [-0.15, -0.1) is 0 Å². The minimum atomic E-state index is 0.0287. The van der Waals surface area contributed by atoms with Gasteiger partial charge in [-0.1, -0.05) is 36.4 Å². The Balaban J connectivity index is 2.92. The van der Waals surface area contributed by atoms with E-state index in [9.17, 15) is 0 Å². The molecule has 1 aromatic carbocycles. The summed E-state index contributed by atoms with van der Waals surface area (Å²) in [4.78, 5) is 0. The molecular formula is C11H11NO. The first-order chi connectivity index (χ1) is 6.38. The molecule has 0 heterocycles. The van der Waals surface area contributed by atoms with Gasteiger partial charge in [0.2, 0.25) is 0 Å². The maximum Gasteiger partial charge on any atom is 0.0669 e. The van der Waals surface area contributed by atoms with E-state index < -0.39 is 0 Å². The van der Waals surface area contributed by atoms with Crippen LogP contribution in [0, 0.1) is 11.3 Å². The molecule has 0 saturated heterocycles. The van der Waals surface area contributed by atoms with Crippen LogP contribution in [0.15, 0.2) is 30.3 Å². The number of hydrogen-bond donors (Lipinski definition) is 1. The van der Waals surface area contributed by atoms with Gasteiger partial charge in [0.15, 0.2) is 0 Å². The first-order valence-electron chi connectivity index (χ1n) is 4.10. The normalized spacial score (nSPS) is 10.2. The summed E-state index contributed by atoms with van der Waals surface area (Å²) in [5.74, 6) is 0. The zero-order chi connectivity index (χ0) is 9.52. The van der Waals surface area contributed by atoms with Crippen molar-refractivity contribution in [1.29, 1.82) is 5.26 Å². The third-order valence-electron chi connectivity index (χ3n) is 1.73. The van der Waals surface area contributed by atoms with E-state index in [1.54, 1.807) is 6.08 Å². The summed E-state index contributed by atoms with van der Waals surface area (Å²) in [6, 6.07) is 9.77. The molecule has 0 amide bonds. The standard InChI is InChI=1S/C11H11NO/c12-8-7-11-5-2-1-4-10(11)6-3-9-13/h1-6,13H,7,9H2/b6-3+. The molecule has 0 aromatic heterocycles. The second kappa shape index (κ2) is 5.13. The van der Waals surface area contributed by atoms with Crippen molar-refractivity contribution in [3.05, 3.63) is 41.5 Å². The number of aliphatic hydroxyl groups excluding tert-OH is 1. The average Bonchev–Trinajstić information content (AvgIpc) is 2.17. The lowest BCUT2D eigenvalue weighted by atomic mass is 10.1. The summed E-state index contributed by atoms with van der Waals surface area (Å²) in [6.45, 7) is 0.0287. The highest BCUT2D eigenvalue weighted by Crippen LogP contribution is 2.10. The van der Waals surface area contributed by atoms with Crippen molar-refractivity contribution in [1.82, 2.24) is 0 Å². The molecule has 1 N–H and O–H groups in total. The largest absolute Gasteiger partial charge is 0.392 e. The first-order valence-corrected chi connectivity index (χ1v) is 4.10. The van der Waals surface area contributed by atoms with Crippen molar-refractivity contribution in [2.45, 2.75) is 6.42 Å². The fourth-order valence-corrected chi connectivity index (χ4v) is 1.12. The van der Waals surface area contributed by atoms with Crippen molar-refractivity contribution in [3.8, 4) is 6.07 Å². The SMILES string of the molecule is N#CCc1ccccc1/C=C/CO. The number of nitriles is 1. The van der Waals surface area contributed by atoms with E-state index in [4.69, 9.17) is 10.4 Å². The molecule has 0 atom stereocenters. The van der Waals surface area contributed by atoms with Gasteiger partial charge in [0.05, 0.1) is 19.1 Å². The van der Waals surface area contributed by atoms with Gasteiger partial charge in [0.1, 0.15) is 0 Å². The number of benzene rings is 1. The van der Waals surface area contributed by atoms with E-state index in [0.717, 1.165) is 11.1 Å². The van der Waals surface area contributed by atoms with Crippen LogP contribution in [0.4, 0.5) is 0 Å². The van der Waals surface area contributed by atoms with E-state index >= 15 is 0 Å². The molecule has 0 fully saturated rings. The van der Waals surface area contributed by atoms with Gasteiger partial charge in [-0.2, -0.15) is 5.26 Å². The van der Waals surface area contributed by atoms with Crippen LogP contribution in [0.3, 0.4) is 0 Å². The quantitative estimate of drug-likeness (QED) is 0.756. The minimum Gasteiger partial charge on any atom is -0.392 e. The summed E-state index contributed by atoms with van der Waals surface area (Å²) in [5.41, 5.74) is 1.99. The highest BCUT2D eigenvalue weighted by atomic mass is 16.2. The fraction of sp³-hybridized carbons (Fsp3) is 0.182. The van der Waals surface area contributed by atoms with Crippen LogP contribution in [0.2, 0.25) is 0 Å². The van der Waals surface area contributed by atoms with Gasteiger partial charge < -0.3 is 5.11 Å². The Kier molecular flexibility index (Phi) is 3.74. The topological polar surface area (TPSA) is 44.0 Å². The lowest BCUT2D eigenvalue weighted by Crippen LogP contribution is -1.86. The number of rotatable bonds is 3. The zero-order valence-electron chi connectivity index (χ0n) is 7.27. The molecule has 13 heavy (non-hydrogen) atoms. The molecule has 0 radical (unpaired) electrons. The van der Waals surface area contributed by atoms with Crippen molar-refractivity contribution in [2.24, 2.45) is 0 Å². The summed E-state index contributed by atoms with van der Waals surface area (Å²) < 4.78 is 0. The second-order valence-corrected chi connectivity index (χ2v) is 2.62.